The highest BCUT2D eigenvalue weighted by atomic mass is 35.5. The molecule has 1 aliphatic heterocycles. The first kappa shape index (κ1) is 18.7. The van der Waals surface area contributed by atoms with Crippen molar-refractivity contribution in [2.24, 2.45) is 0 Å². The molecule has 0 spiro atoms. The van der Waals surface area contributed by atoms with Crippen LogP contribution < -0.4 is 5.32 Å². The minimum absolute atomic E-state index is 0.0911. The summed E-state index contributed by atoms with van der Waals surface area (Å²) in [6.07, 6.45) is -3.80. The number of rotatable bonds is 6. The number of fused-ring (bicyclic) bond motifs is 1. The minimum Gasteiger partial charge on any atom is -0.373 e. The van der Waals surface area contributed by atoms with Crippen molar-refractivity contribution in [3.05, 3.63) is 41.0 Å². The average Bonchev–Trinajstić information content (AvgIpc) is 3.04. The molecule has 2 aromatic rings. The molecular formula is C16H14ClF4N3O2. The van der Waals surface area contributed by atoms with Crippen molar-refractivity contribution in [3.63, 3.8) is 0 Å². The standard InChI is InChI=1S/C16H14ClF4N3O2/c17-10-3-1-9(2-4-10)12-5-13-14(25)22-6-11(24(13)23-12)7-26-8-16(20,21)15(18)19/h1-5,11,15H,6-8H2,(H,22,25). The lowest BCUT2D eigenvalue weighted by atomic mass is 10.1. The molecule has 1 unspecified atom stereocenters. The molecule has 1 aromatic heterocycles. The Morgan fingerprint density at radius 2 is 2.04 bits per heavy atom. The zero-order chi connectivity index (χ0) is 18.9. The smallest absolute Gasteiger partial charge is 0.330 e. The van der Waals surface area contributed by atoms with Gasteiger partial charge in [-0.05, 0) is 18.2 Å². The zero-order valence-corrected chi connectivity index (χ0v) is 14.0. The quantitative estimate of drug-likeness (QED) is 0.768. The molecule has 1 N–H and O–H groups in total. The molecule has 26 heavy (non-hydrogen) atoms. The summed E-state index contributed by atoms with van der Waals surface area (Å²) in [7, 11) is 0. The van der Waals surface area contributed by atoms with Crippen LogP contribution >= 0.6 is 11.6 Å². The number of nitrogens with zero attached hydrogens (tertiary/aromatic N) is 2. The van der Waals surface area contributed by atoms with E-state index in [1.54, 1.807) is 30.3 Å². The Morgan fingerprint density at radius 3 is 2.69 bits per heavy atom. The number of halogens is 5. The Hall–Kier alpha value is -2.13. The second-order valence-corrected chi connectivity index (χ2v) is 6.24. The Morgan fingerprint density at radius 1 is 1.35 bits per heavy atom. The van der Waals surface area contributed by atoms with E-state index >= 15 is 0 Å². The fourth-order valence-corrected chi connectivity index (χ4v) is 2.64. The molecule has 0 saturated heterocycles. The molecule has 1 amide bonds. The highest BCUT2D eigenvalue weighted by Crippen LogP contribution is 2.26. The van der Waals surface area contributed by atoms with E-state index in [9.17, 15) is 22.4 Å². The Balaban J connectivity index is 1.77. The van der Waals surface area contributed by atoms with Crippen molar-refractivity contribution < 1.29 is 27.1 Å². The first-order chi connectivity index (χ1) is 12.3. The van der Waals surface area contributed by atoms with Crippen LogP contribution in [0.5, 0.6) is 0 Å². The van der Waals surface area contributed by atoms with Gasteiger partial charge in [0.05, 0.1) is 18.3 Å². The molecule has 1 aromatic carbocycles. The van der Waals surface area contributed by atoms with Crippen LogP contribution in [0, 0.1) is 0 Å². The van der Waals surface area contributed by atoms with Gasteiger partial charge in [0, 0.05) is 17.1 Å². The highest BCUT2D eigenvalue weighted by molar-refractivity contribution is 6.30. The molecule has 3 rings (SSSR count). The molecule has 2 heterocycles. The van der Waals surface area contributed by atoms with Gasteiger partial charge in [-0.3, -0.25) is 9.48 Å². The van der Waals surface area contributed by atoms with Crippen LogP contribution in [0.1, 0.15) is 16.5 Å². The van der Waals surface area contributed by atoms with Crippen molar-refractivity contribution in [2.45, 2.75) is 18.4 Å². The van der Waals surface area contributed by atoms with Crippen LogP contribution in [0.3, 0.4) is 0 Å². The van der Waals surface area contributed by atoms with Crippen molar-refractivity contribution in [1.82, 2.24) is 15.1 Å². The molecular weight excluding hydrogens is 378 g/mol. The molecule has 10 heteroatoms. The number of hydrogen-bond donors (Lipinski definition) is 1. The molecule has 5 nitrogen and oxygen atoms in total. The van der Waals surface area contributed by atoms with Gasteiger partial charge in [-0.15, -0.1) is 0 Å². The fourth-order valence-electron chi connectivity index (χ4n) is 2.52. The lowest BCUT2D eigenvalue weighted by molar-refractivity contribution is -0.167. The number of hydrogen-bond acceptors (Lipinski definition) is 3. The zero-order valence-electron chi connectivity index (χ0n) is 13.3. The van der Waals surface area contributed by atoms with Crippen LogP contribution in [0.15, 0.2) is 30.3 Å². The van der Waals surface area contributed by atoms with Gasteiger partial charge in [0.2, 0.25) is 0 Å². The predicted octanol–water partition coefficient (Wildman–Crippen LogP) is 3.41. The normalized spacial score (nSPS) is 17.3. The molecule has 0 fully saturated rings. The fraction of sp³-hybridized carbons (Fsp3) is 0.375. The predicted molar refractivity (Wildman–Crippen MR) is 85.8 cm³/mol. The van der Waals surface area contributed by atoms with E-state index in [0.29, 0.717) is 16.3 Å². The summed E-state index contributed by atoms with van der Waals surface area (Å²) in [5.74, 6) is -4.59. The first-order valence-corrected chi connectivity index (χ1v) is 8.03. The van der Waals surface area contributed by atoms with Gasteiger partial charge in [-0.25, -0.2) is 8.78 Å². The molecule has 0 bridgehead atoms. The summed E-state index contributed by atoms with van der Waals surface area (Å²) in [4.78, 5) is 12.0. The van der Waals surface area contributed by atoms with E-state index in [1.807, 2.05) is 0 Å². The number of amides is 1. The molecule has 0 aliphatic carbocycles. The van der Waals surface area contributed by atoms with Crippen LogP contribution in [-0.2, 0) is 4.74 Å². The molecule has 1 atom stereocenters. The van der Waals surface area contributed by atoms with Gasteiger partial charge in [-0.1, -0.05) is 23.7 Å². The van der Waals surface area contributed by atoms with E-state index in [-0.39, 0.29) is 24.8 Å². The lowest BCUT2D eigenvalue weighted by Crippen LogP contribution is -2.42. The monoisotopic (exact) mass is 391 g/mol. The van der Waals surface area contributed by atoms with Crippen molar-refractivity contribution in [1.29, 1.82) is 0 Å². The van der Waals surface area contributed by atoms with Crippen molar-refractivity contribution >= 4 is 17.5 Å². The number of ether oxygens (including phenoxy) is 1. The average molecular weight is 392 g/mol. The lowest BCUT2D eigenvalue weighted by Gasteiger charge is -2.25. The number of carbonyl (C=O) groups is 1. The van der Waals surface area contributed by atoms with Gasteiger partial charge in [-0.2, -0.15) is 13.9 Å². The van der Waals surface area contributed by atoms with Gasteiger partial charge in [0.15, 0.2) is 0 Å². The van der Waals surface area contributed by atoms with E-state index < -0.39 is 25.0 Å². The molecule has 0 saturated carbocycles. The first-order valence-electron chi connectivity index (χ1n) is 7.65. The van der Waals surface area contributed by atoms with E-state index in [4.69, 9.17) is 16.3 Å². The Kier molecular flexibility index (Phi) is 5.19. The Labute approximate surface area is 150 Å². The molecule has 140 valence electrons. The second-order valence-electron chi connectivity index (χ2n) is 5.81. The third kappa shape index (κ3) is 3.83. The maximum absolute atomic E-state index is 12.9. The summed E-state index contributed by atoms with van der Waals surface area (Å²) in [6, 6.07) is 7.76. The van der Waals surface area contributed by atoms with Gasteiger partial charge in [0.1, 0.15) is 12.3 Å². The molecule has 1 aliphatic rings. The van der Waals surface area contributed by atoms with Gasteiger partial charge >= 0.3 is 12.3 Å². The largest absolute Gasteiger partial charge is 0.373 e. The van der Waals surface area contributed by atoms with Crippen LogP contribution in [0.2, 0.25) is 5.02 Å². The summed E-state index contributed by atoms with van der Waals surface area (Å²) in [5, 5.41) is 7.47. The van der Waals surface area contributed by atoms with Gasteiger partial charge < -0.3 is 10.1 Å². The molecule has 0 radical (unpaired) electrons. The van der Waals surface area contributed by atoms with Crippen LogP contribution in [0.25, 0.3) is 11.3 Å². The van der Waals surface area contributed by atoms with Gasteiger partial charge in [0.25, 0.3) is 5.91 Å². The van der Waals surface area contributed by atoms with E-state index in [2.05, 4.69) is 10.4 Å². The Bertz CT molecular complexity index is 795. The topological polar surface area (TPSA) is 56.1 Å². The van der Waals surface area contributed by atoms with Crippen LogP contribution in [0.4, 0.5) is 17.6 Å². The third-order valence-electron chi connectivity index (χ3n) is 3.88. The summed E-state index contributed by atoms with van der Waals surface area (Å²) in [6.45, 7) is -1.61. The third-order valence-corrected chi connectivity index (χ3v) is 4.13. The van der Waals surface area contributed by atoms with E-state index in [0.717, 1.165) is 0 Å². The maximum Gasteiger partial charge on any atom is 0.330 e. The summed E-state index contributed by atoms with van der Waals surface area (Å²) >= 11 is 5.84. The number of benzene rings is 1. The number of alkyl halides is 4. The number of carbonyl (C=O) groups excluding carboxylic acids is 1. The van der Waals surface area contributed by atoms with E-state index in [1.165, 1.54) is 4.68 Å². The van der Waals surface area contributed by atoms with Crippen molar-refractivity contribution in [2.75, 3.05) is 19.8 Å². The maximum atomic E-state index is 12.9. The second kappa shape index (κ2) is 7.24. The number of nitrogens with one attached hydrogen (secondary N) is 1. The number of aromatic nitrogens is 2. The van der Waals surface area contributed by atoms with Crippen molar-refractivity contribution in [3.8, 4) is 11.3 Å². The minimum atomic E-state index is -4.22. The SMILES string of the molecule is O=C1NCC(COCC(F)(F)C(F)F)n2nc(-c3ccc(Cl)cc3)cc21. The highest BCUT2D eigenvalue weighted by Gasteiger charge is 2.41. The summed E-state index contributed by atoms with van der Waals surface area (Å²) in [5.41, 5.74) is 1.44. The summed E-state index contributed by atoms with van der Waals surface area (Å²) < 4.78 is 56.4. The van der Waals surface area contributed by atoms with Crippen LogP contribution in [-0.4, -0.2) is 47.8 Å².